The first-order valence-electron chi connectivity index (χ1n) is 5.60. The van der Waals surface area contributed by atoms with E-state index in [1.807, 2.05) is 0 Å². The largest absolute Gasteiger partial charge is 0.375 e. The molecule has 2 heteroatoms. The van der Waals surface area contributed by atoms with E-state index in [0.29, 0.717) is 11.6 Å². The molecule has 2 nitrogen and oxygen atoms in total. The molecule has 0 aromatic rings. The van der Waals surface area contributed by atoms with Crippen molar-refractivity contribution in [1.29, 1.82) is 0 Å². The standard InChI is InChI=1S/C11H21NO/c1-9(2)12-10-3-5-11(6-4-10)7-8-13-11/h9-10,12H,3-8H2,1-2H3/t10-,11+. The van der Waals surface area contributed by atoms with E-state index < -0.39 is 0 Å². The predicted octanol–water partition coefficient (Wildman–Crippen LogP) is 2.09. The van der Waals surface area contributed by atoms with Crippen LogP contribution in [0.1, 0.15) is 46.0 Å². The first-order valence-corrected chi connectivity index (χ1v) is 5.60. The summed E-state index contributed by atoms with van der Waals surface area (Å²) < 4.78 is 5.68. The van der Waals surface area contributed by atoms with Crippen LogP contribution < -0.4 is 5.32 Å². The Bertz CT molecular complexity index is 165. The molecule has 13 heavy (non-hydrogen) atoms. The van der Waals surface area contributed by atoms with Crippen molar-refractivity contribution in [3.8, 4) is 0 Å². The van der Waals surface area contributed by atoms with Crippen molar-refractivity contribution in [1.82, 2.24) is 5.32 Å². The second-order valence-corrected chi connectivity index (χ2v) is 4.88. The van der Waals surface area contributed by atoms with Crippen LogP contribution in [-0.2, 0) is 4.74 Å². The lowest BCUT2D eigenvalue weighted by Gasteiger charge is -2.47. The van der Waals surface area contributed by atoms with Crippen LogP contribution in [0.15, 0.2) is 0 Å². The molecule has 0 aromatic heterocycles. The maximum absolute atomic E-state index is 5.68. The van der Waals surface area contributed by atoms with Gasteiger partial charge in [0.15, 0.2) is 0 Å². The fourth-order valence-electron chi connectivity index (χ4n) is 2.57. The lowest BCUT2D eigenvalue weighted by atomic mass is 9.77. The molecule has 1 N–H and O–H groups in total. The van der Waals surface area contributed by atoms with Gasteiger partial charge in [0.1, 0.15) is 0 Å². The third-order valence-corrected chi connectivity index (χ3v) is 3.43. The Morgan fingerprint density at radius 2 is 1.85 bits per heavy atom. The van der Waals surface area contributed by atoms with Crippen LogP contribution in [0.4, 0.5) is 0 Å². The summed E-state index contributed by atoms with van der Waals surface area (Å²) in [6.07, 6.45) is 6.46. The van der Waals surface area contributed by atoms with Crippen molar-refractivity contribution in [2.45, 2.75) is 63.6 Å². The number of rotatable bonds is 2. The number of ether oxygens (including phenoxy) is 1. The molecule has 1 saturated carbocycles. The van der Waals surface area contributed by atoms with Crippen LogP contribution in [0.25, 0.3) is 0 Å². The van der Waals surface area contributed by atoms with Gasteiger partial charge < -0.3 is 10.1 Å². The fourth-order valence-corrected chi connectivity index (χ4v) is 2.57. The highest BCUT2D eigenvalue weighted by Gasteiger charge is 2.41. The maximum Gasteiger partial charge on any atom is 0.0705 e. The molecular weight excluding hydrogens is 162 g/mol. The summed E-state index contributed by atoms with van der Waals surface area (Å²) in [4.78, 5) is 0. The first-order chi connectivity index (χ1) is 6.20. The van der Waals surface area contributed by atoms with Crippen LogP contribution in [0.3, 0.4) is 0 Å². The Hall–Kier alpha value is -0.0800. The van der Waals surface area contributed by atoms with Crippen LogP contribution in [-0.4, -0.2) is 24.3 Å². The average molecular weight is 183 g/mol. The molecule has 2 fully saturated rings. The van der Waals surface area contributed by atoms with Crippen LogP contribution >= 0.6 is 0 Å². The van der Waals surface area contributed by atoms with Gasteiger partial charge in [0, 0.05) is 12.1 Å². The van der Waals surface area contributed by atoms with Crippen LogP contribution in [0.5, 0.6) is 0 Å². The molecule has 1 aliphatic heterocycles. The van der Waals surface area contributed by atoms with E-state index in [1.165, 1.54) is 32.1 Å². The lowest BCUT2D eigenvalue weighted by molar-refractivity contribution is -0.167. The minimum atomic E-state index is 0.329. The zero-order valence-corrected chi connectivity index (χ0v) is 8.81. The van der Waals surface area contributed by atoms with E-state index in [2.05, 4.69) is 19.2 Å². The van der Waals surface area contributed by atoms with Crippen LogP contribution in [0, 0.1) is 0 Å². The molecule has 1 spiro atoms. The van der Waals surface area contributed by atoms with Gasteiger partial charge in [-0.15, -0.1) is 0 Å². The Kier molecular flexibility index (Phi) is 2.61. The molecule has 1 aliphatic carbocycles. The average Bonchev–Trinajstić information content (AvgIpc) is 2.02. The Morgan fingerprint density at radius 1 is 1.23 bits per heavy atom. The second kappa shape index (κ2) is 3.58. The molecule has 0 radical (unpaired) electrons. The van der Waals surface area contributed by atoms with Gasteiger partial charge in [0.25, 0.3) is 0 Å². The maximum atomic E-state index is 5.68. The van der Waals surface area contributed by atoms with E-state index in [1.54, 1.807) is 0 Å². The van der Waals surface area contributed by atoms with Crippen LogP contribution in [0.2, 0.25) is 0 Å². The van der Waals surface area contributed by atoms with Crippen molar-refractivity contribution in [3.63, 3.8) is 0 Å². The van der Waals surface area contributed by atoms with E-state index in [0.717, 1.165) is 12.6 Å². The third-order valence-electron chi connectivity index (χ3n) is 3.43. The topological polar surface area (TPSA) is 21.3 Å². The van der Waals surface area contributed by atoms with Gasteiger partial charge in [0.2, 0.25) is 0 Å². The zero-order chi connectivity index (χ0) is 9.31. The molecule has 0 unspecified atom stereocenters. The van der Waals surface area contributed by atoms with Gasteiger partial charge in [-0.2, -0.15) is 0 Å². The van der Waals surface area contributed by atoms with Crippen molar-refractivity contribution in [2.75, 3.05) is 6.61 Å². The fraction of sp³-hybridized carbons (Fsp3) is 1.00. The van der Waals surface area contributed by atoms with Crippen molar-refractivity contribution in [3.05, 3.63) is 0 Å². The number of hydrogen-bond acceptors (Lipinski definition) is 2. The zero-order valence-electron chi connectivity index (χ0n) is 8.81. The van der Waals surface area contributed by atoms with Crippen molar-refractivity contribution >= 4 is 0 Å². The van der Waals surface area contributed by atoms with Crippen molar-refractivity contribution in [2.24, 2.45) is 0 Å². The van der Waals surface area contributed by atoms with Gasteiger partial charge >= 0.3 is 0 Å². The summed E-state index contributed by atoms with van der Waals surface area (Å²) in [5.74, 6) is 0. The van der Waals surface area contributed by atoms with Gasteiger partial charge in [0.05, 0.1) is 12.2 Å². The number of hydrogen-bond donors (Lipinski definition) is 1. The molecule has 76 valence electrons. The van der Waals surface area contributed by atoms with E-state index in [-0.39, 0.29) is 0 Å². The Morgan fingerprint density at radius 3 is 2.23 bits per heavy atom. The highest BCUT2D eigenvalue weighted by molar-refractivity contribution is 4.94. The molecule has 1 heterocycles. The Balaban J connectivity index is 1.76. The molecule has 0 bridgehead atoms. The first kappa shape index (κ1) is 9.47. The summed E-state index contributed by atoms with van der Waals surface area (Å²) in [7, 11) is 0. The summed E-state index contributed by atoms with van der Waals surface area (Å²) in [6, 6.07) is 1.37. The smallest absolute Gasteiger partial charge is 0.0705 e. The molecule has 2 aliphatic rings. The summed E-state index contributed by atoms with van der Waals surface area (Å²) >= 11 is 0. The Labute approximate surface area is 81.0 Å². The predicted molar refractivity (Wildman–Crippen MR) is 53.8 cm³/mol. The van der Waals surface area contributed by atoms with Gasteiger partial charge in [-0.1, -0.05) is 13.8 Å². The summed E-state index contributed by atoms with van der Waals surface area (Å²) in [5, 5.41) is 3.61. The quantitative estimate of drug-likeness (QED) is 0.707. The van der Waals surface area contributed by atoms with E-state index >= 15 is 0 Å². The van der Waals surface area contributed by atoms with Crippen molar-refractivity contribution < 1.29 is 4.74 Å². The summed E-state index contributed by atoms with van der Waals surface area (Å²) in [6.45, 7) is 5.46. The molecular formula is C11H21NO. The normalized spacial score (nSPS) is 39.5. The molecule has 1 saturated heterocycles. The minimum Gasteiger partial charge on any atom is -0.375 e. The minimum absolute atomic E-state index is 0.329. The van der Waals surface area contributed by atoms with Gasteiger partial charge in [-0.05, 0) is 32.1 Å². The van der Waals surface area contributed by atoms with E-state index in [9.17, 15) is 0 Å². The SMILES string of the molecule is CC(C)N[C@H]1CC[C@]2(CCO2)CC1. The molecule has 0 amide bonds. The molecule has 0 aromatic carbocycles. The molecule has 2 rings (SSSR count). The van der Waals surface area contributed by atoms with Gasteiger partial charge in [-0.3, -0.25) is 0 Å². The van der Waals surface area contributed by atoms with E-state index in [4.69, 9.17) is 4.74 Å². The lowest BCUT2D eigenvalue weighted by Crippen LogP contribution is -2.50. The molecule has 0 atom stereocenters. The monoisotopic (exact) mass is 183 g/mol. The van der Waals surface area contributed by atoms with Gasteiger partial charge in [-0.25, -0.2) is 0 Å². The summed E-state index contributed by atoms with van der Waals surface area (Å²) in [5.41, 5.74) is 0.329. The second-order valence-electron chi connectivity index (χ2n) is 4.88. The third kappa shape index (κ3) is 2.05. The number of nitrogens with one attached hydrogen (secondary N) is 1. The highest BCUT2D eigenvalue weighted by Crippen LogP contribution is 2.40. The highest BCUT2D eigenvalue weighted by atomic mass is 16.5.